The first kappa shape index (κ1) is 38.4. The molecule has 0 aliphatic rings. The maximum absolute atomic E-state index is 11.9. The van der Waals surface area contributed by atoms with Crippen LogP contribution in [0.4, 0.5) is 0 Å². The van der Waals surface area contributed by atoms with Crippen LogP contribution in [-0.2, 0) is 19.1 Å². The average molecular weight is 619 g/mol. The van der Waals surface area contributed by atoms with Gasteiger partial charge in [0.1, 0.15) is 26.3 Å². The van der Waals surface area contributed by atoms with Gasteiger partial charge in [-0.3, -0.25) is 9.59 Å². The summed E-state index contributed by atoms with van der Waals surface area (Å²) >= 11 is 0. The van der Waals surface area contributed by atoms with Crippen LogP contribution in [0.2, 0.25) is 0 Å². The molecule has 0 spiro atoms. The fraction of sp³-hybridized carbons (Fsp3) is 0.923. The van der Waals surface area contributed by atoms with E-state index in [4.69, 9.17) is 9.47 Å². The zero-order chi connectivity index (χ0) is 24.3. The molecule has 0 saturated heterocycles. The Morgan fingerprint density at radius 2 is 0.882 bits per heavy atom. The summed E-state index contributed by atoms with van der Waals surface area (Å²) in [6.07, 6.45) is 12.2. The predicted molar refractivity (Wildman–Crippen MR) is 132 cm³/mol. The van der Waals surface area contributed by atoms with E-state index < -0.39 is 0 Å². The van der Waals surface area contributed by atoms with E-state index in [1.165, 1.54) is 51.4 Å². The number of nitrogens with zero attached hydrogens (tertiary/aromatic N) is 2. The van der Waals surface area contributed by atoms with Crippen LogP contribution in [0.3, 0.4) is 0 Å². The molecule has 0 aliphatic heterocycles. The molecule has 8 heteroatoms. The molecule has 0 rings (SSSR count). The molecule has 6 nitrogen and oxygen atoms in total. The molecule has 0 saturated carbocycles. The zero-order valence-corrected chi connectivity index (χ0v) is 26.2. The molecule has 206 valence electrons. The average Bonchev–Trinajstić information content (AvgIpc) is 2.71. The van der Waals surface area contributed by atoms with Crippen LogP contribution >= 0.6 is 0 Å². The van der Waals surface area contributed by atoms with Crippen LogP contribution < -0.4 is 34.0 Å². The summed E-state index contributed by atoms with van der Waals surface area (Å²) in [5.41, 5.74) is 0. The topological polar surface area (TPSA) is 52.6 Å². The van der Waals surface area contributed by atoms with Crippen LogP contribution in [0, 0.1) is 0 Å². The first-order chi connectivity index (χ1) is 15.1. The van der Waals surface area contributed by atoms with E-state index in [9.17, 15) is 9.59 Å². The Hall–Kier alpha value is -0.180. The van der Waals surface area contributed by atoms with Gasteiger partial charge >= 0.3 is 11.9 Å². The van der Waals surface area contributed by atoms with Gasteiger partial charge < -0.3 is 52.4 Å². The van der Waals surface area contributed by atoms with E-state index in [1.807, 2.05) is 0 Å². The van der Waals surface area contributed by atoms with Gasteiger partial charge in [0.25, 0.3) is 0 Å². The minimum absolute atomic E-state index is 0. The van der Waals surface area contributed by atoms with Gasteiger partial charge in [-0.25, -0.2) is 0 Å². The van der Waals surface area contributed by atoms with Crippen LogP contribution in [-0.4, -0.2) is 88.5 Å². The van der Waals surface area contributed by atoms with Crippen molar-refractivity contribution in [3.05, 3.63) is 0 Å². The number of esters is 2. The highest BCUT2D eigenvalue weighted by molar-refractivity contribution is 5.70. The normalized spacial score (nSPS) is 11.4. The van der Waals surface area contributed by atoms with Crippen molar-refractivity contribution < 1.29 is 62.0 Å². The van der Waals surface area contributed by atoms with Crippen LogP contribution in [0.5, 0.6) is 0 Å². The van der Waals surface area contributed by atoms with Gasteiger partial charge in [0.2, 0.25) is 0 Å². The molecule has 0 aliphatic carbocycles. The summed E-state index contributed by atoms with van der Waals surface area (Å²) < 4.78 is 12.6. The lowest BCUT2D eigenvalue weighted by Crippen LogP contribution is -3.00. The van der Waals surface area contributed by atoms with Gasteiger partial charge in [0, 0.05) is 12.8 Å². The number of hydrogen-bond donors (Lipinski definition) is 0. The molecule has 0 N–H and O–H groups in total. The molecule has 0 unspecified atom stereocenters. The molecular weight excluding hydrogens is 564 g/mol. The summed E-state index contributed by atoms with van der Waals surface area (Å²) in [4.78, 5) is 23.9. The first-order valence-corrected chi connectivity index (χ1v) is 13.1. The lowest BCUT2D eigenvalue weighted by molar-refractivity contribution is -0.890. The van der Waals surface area contributed by atoms with E-state index in [0.717, 1.165) is 35.1 Å². The number of carbonyl (C=O) groups excluding carboxylic acids is 2. The highest BCUT2D eigenvalue weighted by Crippen LogP contribution is 2.08. The Bertz CT molecular complexity index is 459. The van der Waals surface area contributed by atoms with Crippen LogP contribution in [0.25, 0.3) is 0 Å². The zero-order valence-electron chi connectivity index (χ0n) is 23.0. The van der Waals surface area contributed by atoms with Crippen molar-refractivity contribution in [2.24, 2.45) is 0 Å². The van der Waals surface area contributed by atoms with Crippen molar-refractivity contribution in [2.45, 2.75) is 90.9 Å². The van der Waals surface area contributed by atoms with Crippen molar-refractivity contribution in [3.8, 4) is 0 Å². The van der Waals surface area contributed by atoms with Crippen LogP contribution in [0.1, 0.15) is 90.9 Å². The Kier molecular flexibility index (Phi) is 26.2. The molecule has 0 radical (unpaired) electrons. The monoisotopic (exact) mass is 616 g/mol. The Labute approximate surface area is 231 Å². The third kappa shape index (κ3) is 24.9. The SMILES string of the molecule is CCCCCC[N+](C)(C)CCOC(=O)CCCCC(=O)OCC[N+](C)(C)CCCCCC.[Br-].[Br-]. The van der Waals surface area contributed by atoms with Gasteiger partial charge in [-0.1, -0.05) is 39.5 Å². The van der Waals surface area contributed by atoms with E-state index in [2.05, 4.69) is 42.0 Å². The largest absolute Gasteiger partial charge is 1.00 e. The van der Waals surface area contributed by atoms with E-state index >= 15 is 0 Å². The molecule has 34 heavy (non-hydrogen) atoms. The second-order valence-electron chi connectivity index (χ2n) is 10.5. The van der Waals surface area contributed by atoms with Crippen molar-refractivity contribution in [3.63, 3.8) is 0 Å². The highest BCUT2D eigenvalue weighted by Gasteiger charge is 2.17. The Balaban J connectivity index is -0.00000480. The lowest BCUT2D eigenvalue weighted by atomic mass is 10.2. The summed E-state index contributed by atoms with van der Waals surface area (Å²) in [6, 6.07) is 0. The number of hydrogen-bond acceptors (Lipinski definition) is 4. The van der Waals surface area contributed by atoms with Gasteiger partial charge in [-0.05, 0) is 38.5 Å². The third-order valence-electron chi connectivity index (χ3n) is 6.17. The summed E-state index contributed by atoms with van der Waals surface area (Å²) in [5.74, 6) is -0.321. The van der Waals surface area contributed by atoms with Gasteiger partial charge in [0.15, 0.2) is 0 Å². The molecule has 0 heterocycles. The van der Waals surface area contributed by atoms with Gasteiger partial charge in [0.05, 0.1) is 41.3 Å². The summed E-state index contributed by atoms with van der Waals surface area (Å²) in [6.45, 7) is 9.31. The predicted octanol–water partition coefficient (Wildman–Crippen LogP) is -1.05. The molecule has 0 fully saturated rings. The third-order valence-corrected chi connectivity index (χ3v) is 6.17. The fourth-order valence-corrected chi connectivity index (χ4v) is 3.65. The lowest BCUT2D eigenvalue weighted by Gasteiger charge is -2.29. The number of unbranched alkanes of at least 4 members (excludes halogenated alkanes) is 7. The van der Waals surface area contributed by atoms with Crippen molar-refractivity contribution in [1.29, 1.82) is 0 Å². The minimum atomic E-state index is -0.161. The molecular formula is C26H54Br2N2O4. The summed E-state index contributed by atoms with van der Waals surface area (Å²) in [5, 5.41) is 0. The minimum Gasteiger partial charge on any atom is -1.00 e. The molecule has 0 amide bonds. The number of rotatable bonds is 21. The number of carbonyl (C=O) groups is 2. The van der Waals surface area contributed by atoms with Crippen LogP contribution in [0.15, 0.2) is 0 Å². The summed E-state index contributed by atoms with van der Waals surface area (Å²) in [7, 11) is 8.77. The van der Waals surface area contributed by atoms with Crippen molar-refractivity contribution >= 4 is 11.9 Å². The maximum atomic E-state index is 11.9. The van der Waals surface area contributed by atoms with E-state index in [1.54, 1.807) is 0 Å². The smallest absolute Gasteiger partial charge is 0.305 e. The second kappa shape index (κ2) is 23.2. The van der Waals surface area contributed by atoms with Gasteiger partial charge in [-0.15, -0.1) is 0 Å². The highest BCUT2D eigenvalue weighted by atomic mass is 79.9. The number of halogens is 2. The fourth-order valence-electron chi connectivity index (χ4n) is 3.65. The molecule has 0 aromatic heterocycles. The number of ether oxygens (including phenoxy) is 2. The molecule has 0 aromatic rings. The van der Waals surface area contributed by atoms with Gasteiger partial charge in [-0.2, -0.15) is 0 Å². The van der Waals surface area contributed by atoms with Crippen molar-refractivity contribution in [2.75, 3.05) is 67.6 Å². The number of quaternary nitrogens is 2. The molecule has 0 bridgehead atoms. The quantitative estimate of drug-likeness (QED) is 0.0938. The molecule has 0 atom stereocenters. The standard InChI is InChI=1S/C26H54N2O4.2BrH/c1-7-9-11-15-19-27(3,4)21-23-31-25(29)17-13-14-18-26(30)32-24-22-28(5,6)20-16-12-10-8-2;;/h7-24H2,1-6H3;2*1H/q+2;;/p-2. The molecule has 0 aromatic carbocycles. The first-order valence-electron chi connectivity index (χ1n) is 13.1. The van der Waals surface area contributed by atoms with Crippen molar-refractivity contribution in [1.82, 2.24) is 0 Å². The maximum Gasteiger partial charge on any atom is 0.305 e. The Morgan fingerprint density at radius 3 is 1.21 bits per heavy atom. The number of likely N-dealkylation sites (N-methyl/N-ethyl adjacent to an activating group) is 2. The second-order valence-corrected chi connectivity index (χ2v) is 10.5. The van der Waals surface area contributed by atoms with E-state index in [0.29, 0.717) is 38.9 Å². The Morgan fingerprint density at radius 1 is 0.529 bits per heavy atom. The van der Waals surface area contributed by atoms with E-state index in [-0.39, 0.29) is 45.9 Å².